The zero-order chi connectivity index (χ0) is 24.7. The summed E-state index contributed by atoms with van der Waals surface area (Å²) >= 11 is 0. The molecular formula is C29H50N2O3. The normalized spacial score (nSPS) is 43.9. The van der Waals surface area contributed by atoms with Crippen molar-refractivity contribution in [2.24, 2.45) is 51.3 Å². The minimum Gasteiger partial charge on any atom is -0.481 e. The first kappa shape index (κ1) is 26.1. The van der Waals surface area contributed by atoms with Crippen LogP contribution in [0.5, 0.6) is 0 Å². The first-order chi connectivity index (χ1) is 16.1. The molecule has 0 bridgehead atoms. The molecule has 0 radical (unpaired) electrons. The van der Waals surface area contributed by atoms with Crippen molar-refractivity contribution < 1.29 is 15.0 Å². The molecule has 34 heavy (non-hydrogen) atoms. The number of rotatable bonds is 8. The largest absolute Gasteiger partial charge is 0.481 e. The van der Waals surface area contributed by atoms with Crippen molar-refractivity contribution in [3.05, 3.63) is 0 Å². The molecule has 4 aliphatic carbocycles. The third kappa shape index (κ3) is 4.85. The van der Waals surface area contributed by atoms with E-state index in [-0.39, 0.29) is 11.5 Å². The van der Waals surface area contributed by atoms with Gasteiger partial charge in [0, 0.05) is 24.7 Å². The van der Waals surface area contributed by atoms with Crippen molar-refractivity contribution in [3.63, 3.8) is 0 Å². The number of carboxylic acids is 1. The Balaban J connectivity index is 1.45. The number of aliphatic hydroxyl groups is 1. The summed E-state index contributed by atoms with van der Waals surface area (Å²) in [6, 6.07) is 0.499. The Morgan fingerprint density at radius 2 is 1.82 bits per heavy atom. The maximum absolute atomic E-state index is 11.5. The van der Waals surface area contributed by atoms with Gasteiger partial charge in [0.1, 0.15) is 0 Å². The molecule has 0 saturated heterocycles. The van der Waals surface area contributed by atoms with Crippen LogP contribution in [0.25, 0.3) is 0 Å². The minimum atomic E-state index is -0.666. The van der Waals surface area contributed by atoms with E-state index in [1.165, 1.54) is 37.8 Å². The molecule has 0 aliphatic heterocycles. The third-order valence-electron chi connectivity index (χ3n) is 11.1. The van der Waals surface area contributed by atoms with E-state index in [9.17, 15) is 15.0 Å². The maximum atomic E-state index is 11.5. The fourth-order valence-corrected chi connectivity index (χ4v) is 9.34. The fourth-order valence-electron chi connectivity index (χ4n) is 9.34. The summed E-state index contributed by atoms with van der Waals surface area (Å²) in [6.07, 6.45) is 10.2. The van der Waals surface area contributed by atoms with E-state index < -0.39 is 5.97 Å². The zero-order valence-corrected chi connectivity index (χ0v) is 22.4. The van der Waals surface area contributed by atoms with Crippen LogP contribution in [0.2, 0.25) is 0 Å². The monoisotopic (exact) mass is 474 g/mol. The predicted octanol–water partition coefficient (Wildman–Crippen LogP) is 5.56. The van der Waals surface area contributed by atoms with Gasteiger partial charge < -0.3 is 15.5 Å². The lowest BCUT2D eigenvalue weighted by Gasteiger charge is -2.62. The molecule has 9 atom stereocenters. The molecule has 0 aromatic carbocycles. The van der Waals surface area contributed by atoms with Crippen LogP contribution in [0, 0.1) is 46.3 Å². The second kappa shape index (κ2) is 10.2. The van der Waals surface area contributed by atoms with Crippen molar-refractivity contribution in [1.82, 2.24) is 5.32 Å². The van der Waals surface area contributed by atoms with Crippen molar-refractivity contribution in [2.45, 2.75) is 111 Å². The van der Waals surface area contributed by atoms with Gasteiger partial charge in [-0.3, -0.25) is 9.79 Å². The van der Waals surface area contributed by atoms with Gasteiger partial charge in [0.05, 0.1) is 12.6 Å². The van der Waals surface area contributed by atoms with Gasteiger partial charge in [0.15, 0.2) is 0 Å². The summed E-state index contributed by atoms with van der Waals surface area (Å²) < 4.78 is 0. The fraction of sp³-hybridized carbons (Fsp3) is 0.931. The Labute approximate surface area is 207 Å². The van der Waals surface area contributed by atoms with E-state index in [0.717, 1.165) is 44.7 Å². The third-order valence-corrected chi connectivity index (χ3v) is 11.1. The number of hydrogen-bond donors (Lipinski definition) is 3. The van der Waals surface area contributed by atoms with Crippen molar-refractivity contribution in [2.75, 3.05) is 13.1 Å². The predicted molar refractivity (Wildman–Crippen MR) is 138 cm³/mol. The smallest absolute Gasteiger partial charge is 0.303 e. The van der Waals surface area contributed by atoms with Gasteiger partial charge in [-0.2, -0.15) is 0 Å². The molecule has 4 saturated carbocycles. The molecule has 0 aromatic heterocycles. The Morgan fingerprint density at radius 3 is 2.53 bits per heavy atom. The molecule has 3 N–H and O–H groups in total. The molecule has 0 spiro atoms. The molecule has 0 heterocycles. The Kier molecular flexibility index (Phi) is 7.84. The van der Waals surface area contributed by atoms with Gasteiger partial charge in [0.25, 0.3) is 0 Å². The second-order valence-electron chi connectivity index (χ2n) is 13.2. The highest BCUT2D eigenvalue weighted by Crippen LogP contribution is 2.68. The average Bonchev–Trinajstić information content (AvgIpc) is 3.13. The van der Waals surface area contributed by atoms with Crippen LogP contribution in [0.4, 0.5) is 0 Å². The summed E-state index contributed by atoms with van der Waals surface area (Å²) in [5.74, 6) is 2.82. The van der Waals surface area contributed by atoms with Crippen LogP contribution >= 0.6 is 0 Å². The van der Waals surface area contributed by atoms with Gasteiger partial charge in [-0.25, -0.2) is 0 Å². The maximum Gasteiger partial charge on any atom is 0.303 e. The van der Waals surface area contributed by atoms with Gasteiger partial charge >= 0.3 is 5.97 Å². The van der Waals surface area contributed by atoms with Crippen LogP contribution in [0.3, 0.4) is 0 Å². The summed E-state index contributed by atoms with van der Waals surface area (Å²) in [5, 5.41) is 24.1. The van der Waals surface area contributed by atoms with Crippen molar-refractivity contribution in [1.29, 1.82) is 0 Å². The van der Waals surface area contributed by atoms with Gasteiger partial charge in [-0.15, -0.1) is 0 Å². The van der Waals surface area contributed by atoms with E-state index in [4.69, 9.17) is 4.99 Å². The van der Waals surface area contributed by atoms with Crippen molar-refractivity contribution in [3.8, 4) is 0 Å². The van der Waals surface area contributed by atoms with Crippen LogP contribution in [0.1, 0.15) is 98.8 Å². The second-order valence-corrected chi connectivity index (χ2v) is 13.2. The first-order valence-corrected chi connectivity index (χ1v) is 14.2. The number of nitrogens with one attached hydrogen (secondary N) is 1. The SMILES string of the molecule is CC(C)NCCN=C1CC[C@]2(C)C3CC[C@@]4(C)C(CC[C@@H]4[C@H](C)CCC(=O)O)C3C[C@@H](O)[C@H]2C1. The molecule has 0 amide bonds. The molecular weight excluding hydrogens is 424 g/mol. The lowest BCUT2D eigenvalue weighted by molar-refractivity contribution is -0.150. The number of fused-ring (bicyclic) bond motifs is 5. The zero-order valence-electron chi connectivity index (χ0n) is 22.4. The highest BCUT2D eigenvalue weighted by atomic mass is 16.4. The summed E-state index contributed by atoms with van der Waals surface area (Å²) in [7, 11) is 0. The lowest BCUT2D eigenvalue weighted by atomic mass is 9.44. The quantitative estimate of drug-likeness (QED) is 0.403. The molecule has 194 valence electrons. The van der Waals surface area contributed by atoms with Gasteiger partial charge in [0.2, 0.25) is 0 Å². The summed E-state index contributed by atoms with van der Waals surface area (Å²) in [5.41, 5.74) is 1.87. The molecule has 5 nitrogen and oxygen atoms in total. The first-order valence-electron chi connectivity index (χ1n) is 14.2. The Bertz CT molecular complexity index is 766. The van der Waals surface area contributed by atoms with E-state index in [2.05, 4.69) is 39.9 Å². The number of hydrogen-bond acceptors (Lipinski definition) is 4. The van der Waals surface area contributed by atoms with Crippen LogP contribution in [-0.2, 0) is 4.79 Å². The van der Waals surface area contributed by atoms with Gasteiger partial charge in [-0.1, -0.05) is 34.6 Å². The summed E-state index contributed by atoms with van der Waals surface area (Å²) in [4.78, 5) is 16.1. The highest BCUT2D eigenvalue weighted by molar-refractivity contribution is 5.85. The molecule has 3 unspecified atom stereocenters. The van der Waals surface area contributed by atoms with Crippen molar-refractivity contribution >= 4 is 11.7 Å². The standard InChI is InChI=1S/C29H50N2O3/c1-18(2)30-14-15-31-20-10-12-29(5)24-11-13-28(4)22(19(3)6-9-27(33)34)7-8-23(28)21(24)17-26(32)25(29)16-20/h18-19,21-26,30,32H,6-17H2,1-5H3,(H,33,34)/t19-,21?,22-,23?,24?,25-,26-,28-,29-/m1/s1. The lowest BCUT2D eigenvalue weighted by Crippen LogP contribution is -2.58. The topological polar surface area (TPSA) is 81.9 Å². The Hall–Kier alpha value is -0.940. The van der Waals surface area contributed by atoms with Crippen LogP contribution < -0.4 is 5.32 Å². The Morgan fingerprint density at radius 1 is 1.09 bits per heavy atom. The minimum absolute atomic E-state index is 0.212. The molecule has 4 rings (SSSR count). The van der Waals surface area contributed by atoms with E-state index >= 15 is 0 Å². The number of aliphatic hydroxyl groups excluding tert-OH is 1. The molecule has 5 heteroatoms. The van der Waals surface area contributed by atoms with Gasteiger partial charge in [-0.05, 0) is 104 Å². The van der Waals surface area contributed by atoms with E-state index in [1.54, 1.807) is 0 Å². The molecule has 4 aliphatic rings. The summed E-state index contributed by atoms with van der Waals surface area (Å²) in [6.45, 7) is 13.4. The van der Waals surface area contributed by atoms with Crippen LogP contribution in [-0.4, -0.2) is 47.1 Å². The number of aliphatic carboxylic acids is 1. The number of nitrogens with zero attached hydrogens (tertiary/aromatic N) is 1. The van der Waals surface area contributed by atoms with E-state index in [0.29, 0.717) is 47.5 Å². The number of carboxylic acid groups (broad SMARTS) is 1. The number of aliphatic imine (C=N–C) groups is 1. The number of carbonyl (C=O) groups is 1. The molecule has 0 aromatic rings. The van der Waals surface area contributed by atoms with Crippen LogP contribution in [0.15, 0.2) is 4.99 Å². The molecule has 4 fully saturated rings. The van der Waals surface area contributed by atoms with E-state index in [1.807, 2.05) is 0 Å². The highest BCUT2D eigenvalue weighted by Gasteiger charge is 2.62. The average molecular weight is 475 g/mol.